The number of ether oxygens (including phenoxy) is 1. The topological polar surface area (TPSA) is 114 Å². The summed E-state index contributed by atoms with van der Waals surface area (Å²) in [6.45, 7) is 1.88. The van der Waals surface area contributed by atoms with E-state index < -0.39 is 27.9 Å². The Labute approximate surface area is 233 Å². The van der Waals surface area contributed by atoms with Gasteiger partial charge in [-0.25, -0.2) is 18.4 Å². The van der Waals surface area contributed by atoms with Gasteiger partial charge in [0.1, 0.15) is 11.6 Å². The maximum absolute atomic E-state index is 13.0. The van der Waals surface area contributed by atoms with E-state index in [0.29, 0.717) is 33.7 Å². The van der Waals surface area contributed by atoms with E-state index in [-0.39, 0.29) is 17.0 Å². The molecule has 0 atom stereocenters. The Morgan fingerprint density at radius 3 is 2.46 bits per heavy atom. The van der Waals surface area contributed by atoms with Crippen molar-refractivity contribution in [2.45, 2.75) is 24.6 Å². The SMILES string of the molecule is Cc1ccc(C(=O)Nc2cccc(OC(F)(F)F)c2)cc1Cc1nc(-c2ccc(S(C)(=O)=O)cc2)c2[nH]ccc2n1. The third-order valence-electron chi connectivity index (χ3n) is 6.29. The van der Waals surface area contributed by atoms with Crippen LogP contribution in [0.3, 0.4) is 0 Å². The van der Waals surface area contributed by atoms with Gasteiger partial charge in [0.05, 0.1) is 21.6 Å². The van der Waals surface area contributed by atoms with E-state index in [4.69, 9.17) is 4.98 Å². The molecule has 2 aromatic heterocycles. The number of carbonyl (C=O) groups excluding carboxylic acids is 1. The molecule has 0 unspecified atom stereocenters. The predicted octanol–water partition coefficient (Wildman–Crippen LogP) is 6.08. The normalized spacial score (nSPS) is 11.9. The van der Waals surface area contributed by atoms with E-state index in [1.807, 2.05) is 13.0 Å². The molecule has 12 heteroatoms. The van der Waals surface area contributed by atoms with Crippen LogP contribution in [0.25, 0.3) is 22.3 Å². The zero-order valence-electron chi connectivity index (χ0n) is 21.8. The maximum Gasteiger partial charge on any atom is 0.573 e. The van der Waals surface area contributed by atoms with Crippen LogP contribution in [-0.2, 0) is 16.3 Å². The Hall–Kier alpha value is -4.71. The van der Waals surface area contributed by atoms with Crippen LogP contribution in [-0.4, -0.2) is 41.9 Å². The molecule has 0 aliphatic carbocycles. The zero-order valence-corrected chi connectivity index (χ0v) is 22.6. The largest absolute Gasteiger partial charge is 0.573 e. The molecule has 0 saturated carbocycles. The Kier molecular flexibility index (Phi) is 7.26. The highest BCUT2D eigenvalue weighted by molar-refractivity contribution is 7.90. The number of H-pyrrole nitrogens is 1. The summed E-state index contributed by atoms with van der Waals surface area (Å²) in [6.07, 6.45) is -1.68. The first-order chi connectivity index (χ1) is 19.4. The highest BCUT2D eigenvalue weighted by atomic mass is 32.2. The highest BCUT2D eigenvalue weighted by Crippen LogP contribution is 2.28. The number of aromatic nitrogens is 3. The van der Waals surface area contributed by atoms with Crippen molar-refractivity contribution in [1.29, 1.82) is 0 Å². The summed E-state index contributed by atoms with van der Waals surface area (Å²) < 4.78 is 65.4. The number of halogens is 3. The maximum atomic E-state index is 13.0. The summed E-state index contributed by atoms with van der Waals surface area (Å²) in [4.78, 5) is 25.7. The average molecular weight is 581 g/mol. The first kappa shape index (κ1) is 27.8. The molecule has 8 nitrogen and oxygen atoms in total. The van der Waals surface area contributed by atoms with Gasteiger partial charge in [-0.1, -0.05) is 24.3 Å². The second-order valence-corrected chi connectivity index (χ2v) is 11.4. The van der Waals surface area contributed by atoms with E-state index in [2.05, 4.69) is 20.0 Å². The van der Waals surface area contributed by atoms with Crippen molar-refractivity contribution in [3.63, 3.8) is 0 Å². The van der Waals surface area contributed by atoms with E-state index in [9.17, 15) is 26.4 Å². The fraction of sp³-hybridized carbons (Fsp3) is 0.138. The van der Waals surface area contributed by atoms with Crippen LogP contribution >= 0.6 is 0 Å². The number of rotatable bonds is 7. The number of carbonyl (C=O) groups is 1. The minimum atomic E-state index is -4.85. The molecular formula is C29H23F3N4O4S. The monoisotopic (exact) mass is 580 g/mol. The summed E-state index contributed by atoms with van der Waals surface area (Å²) in [5.41, 5.74) is 4.78. The van der Waals surface area contributed by atoms with Gasteiger partial charge >= 0.3 is 6.36 Å². The Morgan fingerprint density at radius 1 is 1.00 bits per heavy atom. The van der Waals surface area contributed by atoms with Crippen molar-refractivity contribution in [3.05, 3.63) is 102 Å². The summed E-state index contributed by atoms with van der Waals surface area (Å²) in [7, 11) is -3.35. The Bertz CT molecular complexity index is 1870. The lowest BCUT2D eigenvalue weighted by Gasteiger charge is -2.12. The fourth-order valence-corrected chi connectivity index (χ4v) is 4.92. The highest BCUT2D eigenvalue weighted by Gasteiger charge is 2.31. The number of nitrogens with zero attached hydrogens (tertiary/aromatic N) is 2. The standard InChI is InChI=1S/C29H23F3N4O4S/c1-17-6-7-19(28(37)34-21-4-3-5-22(16-21)40-29(30,31)32)14-20(17)15-25-35-24-12-13-33-27(24)26(36-25)18-8-10-23(11-9-18)41(2,38)39/h3-14,16,33H,15H2,1-2H3,(H,34,37). The molecule has 1 amide bonds. The van der Waals surface area contributed by atoms with Crippen molar-refractivity contribution in [2.24, 2.45) is 0 Å². The Balaban J connectivity index is 1.42. The molecule has 0 spiro atoms. The summed E-state index contributed by atoms with van der Waals surface area (Å²) in [6, 6.07) is 18.3. The van der Waals surface area contributed by atoms with Crippen LogP contribution in [0.4, 0.5) is 18.9 Å². The second kappa shape index (κ2) is 10.7. The second-order valence-electron chi connectivity index (χ2n) is 9.37. The average Bonchev–Trinajstić information content (AvgIpc) is 3.37. The van der Waals surface area contributed by atoms with Gasteiger partial charge in [0, 0.05) is 41.8 Å². The Morgan fingerprint density at radius 2 is 1.76 bits per heavy atom. The molecule has 3 aromatic carbocycles. The van der Waals surface area contributed by atoms with E-state index in [0.717, 1.165) is 29.5 Å². The summed E-state index contributed by atoms with van der Waals surface area (Å²) in [5.74, 6) is -0.472. The quantitative estimate of drug-likeness (QED) is 0.241. The van der Waals surface area contributed by atoms with Gasteiger partial charge in [-0.3, -0.25) is 4.79 Å². The molecule has 0 bridgehead atoms. The van der Waals surface area contributed by atoms with Crippen LogP contribution in [0, 0.1) is 6.92 Å². The van der Waals surface area contributed by atoms with Crippen LogP contribution in [0.5, 0.6) is 5.75 Å². The lowest BCUT2D eigenvalue weighted by atomic mass is 10.0. The number of sulfone groups is 1. The van der Waals surface area contributed by atoms with E-state index in [1.165, 1.54) is 24.3 Å². The number of alkyl halides is 3. The summed E-state index contributed by atoms with van der Waals surface area (Å²) in [5, 5.41) is 2.60. The number of aromatic amines is 1. The third kappa shape index (κ3) is 6.55. The van der Waals surface area contributed by atoms with Gasteiger partial charge in [0.2, 0.25) is 0 Å². The number of aryl methyl sites for hydroxylation is 1. The molecule has 5 rings (SSSR count). The van der Waals surface area contributed by atoms with Crippen molar-refractivity contribution < 1.29 is 31.1 Å². The molecule has 5 aromatic rings. The van der Waals surface area contributed by atoms with Crippen LogP contribution in [0.15, 0.2) is 83.9 Å². The van der Waals surface area contributed by atoms with Crippen LogP contribution < -0.4 is 10.1 Å². The van der Waals surface area contributed by atoms with Crippen molar-refractivity contribution in [3.8, 4) is 17.0 Å². The molecule has 2 heterocycles. The number of benzene rings is 3. The van der Waals surface area contributed by atoms with Gasteiger partial charge in [-0.05, 0) is 60.5 Å². The number of anilines is 1. The number of fused-ring (bicyclic) bond motifs is 1. The van der Waals surface area contributed by atoms with Crippen molar-refractivity contribution in [2.75, 3.05) is 11.6 Å². The van der Waals surface area contributed by atoms with Gasteiger partial charge in [-0.15, -0.1) is 13.2 Å². The smallest absolute Gasteiger partial charge is 0.406 e. The minimum Gasteiger partial charge on any atom is -0.406 e. The first-order valence-electron chi connectivity index (χ1n) is 12.3. The molecule has 0 aliphatic rings. The molecule has 41 heavy (non-hydrogen) atoms. The number of nitrogens with one attached hydrogen (secondary N) is 2. The van der Waals surface area contributed by atoms with Gasteiger partial charge < -0.3 is 15.0 Å². The summed E-state index contributed by atoms with van der Waals surface area (Å²) >= 11 is 0. The number of amides is 1. The van der Waals surface area contributed by atoms with Gasteiger partial charge in [0.15, 0.2) is 9.84 Å². The lowest BCUT2D eigenvalue weighted by molar-refractivity contribution is -0.274. The molecule has 0 aliphatic heterocycles. The molecule has 0 fully saturated rings. The molecular weight excluding hydrogens is 557 g/mol. The van der Waals surface area contributed by atoms with E-state index >= 15 is 0 Å². The molecule has 0 saturated heterocycles. The zero-order chi connectivity index (χ0) is 29.4. The minimum absolute atomic E-state index is 0.145. The van der Waals surface area contributed by atoms with Gasteiger partial charge in [0.25, 0.3) is 5.91 Å². The van der Waals surface area contributed by atoms with Gasteiger partial charge in [-0.2, -0.15) is 0 Å². The van der Waals surface area contributed by atoms with Crippen molar-refractivity contribution >= 4 is 32.5 Å². The van der Waals surface area contributed by atoms with Crippen molar-refractivity contribution in [1.82, 2.24) is 15.0 Å². The molecule has 2 N–H and O–H groups in total. The number of hydrogen-bond donors (Lipinski definition) is 2. The third-order valence-corrected chi connectivity index (χ3v) is 7.42. The van der Waals surface area contributed by atoms with Crippen LogP contribution in [0.2, 0.25) is 0 Å². The number of hydrogen-bond acceptors (Lipinski definition) is 6. The molecule has 0 radical (unpaired) electrons. The van der Waals surface area contributed by atoms with E-state index in [1.54, 1.807) is 36.5 Å². The van der Waals surface area contributed by atoms with Crippen LogP contribution in [0.1, 0.15) is 27.3 Å². The first-order valence-corrected chi connectivity index (χ1v) is 14.2. The predicted molar refractivity (Wildman–Crippen MR) is 147 cm³/mol. The fourth-order valence-electron chi connectivity index (χ4n) is 4.29. The lowest BCUT2D eigenvalue weighted by Crippen LogP contribution is -2.17. The molecule has 210 valence electrons.